The highest BCUT2D eigenvalue weighted by Gasteiger charge is 2.18. The third-order valence-corrected chi connectivity index (χ3v) is 5.96. The lowest BCUT2D eigenvalue weighted by atomic mass is 10.1. The number of ether oxygens (including phenoxy) is 2. The van der Waals surface area contributed by atoms with Crippen LogP contribution in [0.15, 0.2) is 44.3 Å². The lowest BCUT2D eigenvalue weighted by molar-refractivity contribution is -0.123. The van der Waals surface area contributed by atoms with E-state index in [4.69, 9.17) is 30.6 Å². The topological polar surface area (TPSA) is 147 Å². The van der Waals surface area contributed by atoms with Gasteiger partial charge in [0.15, 0.2) is 6.61 Å². The second kappa shape index (κ2) is 11.6. The average Bonchev–Trinajstić information content (AvgIpc) is 3.29. The Balaban J connectivity index is 1.62. The number of hydrogen-bond acceptors (Lipinski definition) is 8. The molecule has 0 unspecified atom stereocenters. The fourth-order valence-electron chi connectivity index (χ4n) is 2.97. The molecule has 10 nitrogen and oxygen atoms in total. The number of pyridine rings is 1. The Morgan fingerprint density at radius 2 is 2.14 bits per heavy atom. The van der Waals surface area contributed by atoms with Crippen molar-refractivity contribution in [2.45, 2.75) is 13.5 Å². The van der Waals surface area contributed by atoms with Crippen LogP contribution >= 0.6 is 27.5 Å². The largest absolute Gasteiger partial charge is 0.478 e. The number of nitriles is 1. The van der Waals surface area contributed by atoms with Crippen LogP contribution < -0.4 is 10.2 Å². The van der Waals surface area contributed by atoms with Gasteiger partial charge in [0.2, 0.25) is 5.88 Å². The van der Waals surface area contributed by atoms with Crippen molar-refractivity contribution in [3.63, 3.8) is 0 Å². The van der Waals surface area contributed by atoms with Crippen molar-refractivity contribution >= 4 is 45.6 Å². The van der Waals surface area contributed by atoms with E-state index in [1.165, 1.54) is 25.5 Å². The Kier molecular flexibility index (Phi) is 8.59. The standard InChI is InChI=1S/C23H18BrClN4O6/c1-12-21(24)17(10-33-2)16(8-26)22(28-12)34-11-20(30)29-27-9-14-4-6-19(35-14)13-3-5-15(23(31)32)18(25)7-13/h3-7,9H,10-11H2,1-2H3,(H,29,30)(H,31,32)/b27-9-. The van der Waals surface area contributed by atoms with E-state index < -0.39 is 18.5 Å². The number of aryl methyl sites for hydroxylation is 1. The minimum atomic E-state index is -1.13. The molecular formula is C23H18BrClN4O6. The molecule has 0 radical (unpaired) electrons. The van der Waals surface area contributed by atoms with E-state index in [1.807, 2.05) is 6.07 Å². The first-order valence-corrected chi connectivity index (χ1v) is 11.1. The zero-order chi connectivity index (χ0) is 25.5. The van der Waals surface area contributed by atoms with E-state index in [0.717, 1.165) is 0 Å². The molecule has 1 aromatic carbocycles. The minimum Gasteiger partial charge on any atom is -0.478 e. The van der Waals surface area contributed by atoms with E-state index in [1.54, 1.807) is 25.1 Å². The molecule has 0 atom stereocenters. The normalized spacial score (nSPS) is 10.8. The highest BCUT2D eigenvalue weighted by atomic mass is 79.9. The molecule has 0 bridgehead atoms. The van der Waals surface area contributed by atoms with Crippen molar-refractivity contribution in [1.82, 2.24) is 10.4 Å². The molecule has 12 heteroatoms. The molecular weight excluding hydrogens is 544 g/mol. The molecule has 0 fully saturated rings. The van der Waals surface area contributed by atoms with Gasteiger partial charge in [0.1, 0.15) is 23.2 Å². The monoisotopic (exact) mass is 560 g/mol. The molecule has 0 saturated carbocycles. The number of carboxylic acids is 1. The summed E-state index contributed by atoms with van der Waals surface area (Å²) in [6, 6.07) is 9.73. The highest BCUT2D eigenvalue weighted by Crippen LogP contribution is 2.30. The molecule has 1 amide bonds. The van der Waals surface area contributed by atoms with Crippen molar-refractivity contribution in [2.24, 2.45) is 5.10 Å². The molecule has 0 spiro atoms. The summed E-state index contributed by atoms with van der Waals surface area (Å²) < 4.78 is 16.8. The van der Waals surface area contributed by atoms with Gasteiger partial charge in [0.05, 0.1) is 29.1 Å². The number of aromatic carboxylic acids is 1. The van der Waals surface area contributed by atoms with Crippen LogP contribution in [0.5, 0.6) is 5.88 Å². The van der Waals surface area contributed by atoms with Gasteiger partial charge in [-0.3, -0.25) is 4.79 Å². The van der Waals surface area contributed by atoms with E-state index in [2.05, 4.69) is 31.4 Å². The van der Waals surface area contributed by atoms with Crippen molar-refractivity contribution in [3.8, 4) is 23.3 Å². The second-order valence-electron chi connectivity index (χ2n) is 7.00. The van der Waals surface area contributed by atoms with E-state index in [0.29, 0.717) is 32.8 Å². The molecule has 0 saturated heterocycles. The molecule has 0 aliphatic rings. The van der Waals surface area contributed by atoms with Gasteiger partial charge in [-0.1, -0.05) is 17.7 Å². The summed E-state index contributed by atoms with van der Waals surface area (Å²) >= 11 is 9.38. The smallest absolute Gasteiger partial charge is 0.337 e. The number of nitrogens with one attached hydrogen (secondary N) is 1. The van der Waals surface area contributed by atoms with E-state index >= 15 is 0 Å². The minimum absolute atomic E-state index is 0.0148. The number of carboxylic acid groups (broad SMARTS) is 1. The third-order valence-electron chi connectivity index (χ3n) is 4.60. The molecule has 2 aromatic heterocycles. The predicted octanol–water partition coefficient (Wildman–Crippen LogP) is 4.31. The predicted molar refractivity (Wildman–Crippen MR) is 129 cm³/mol. The van der Waals surface area contributed by atoms with Crippen LogP contribution in [-0.4, -0.2) is 41.9 Å². The molecule has 2 N–H and O–H groups in total. The summed E-state index contributed by atoms with van der Waals surface area (Å²) in [4.78, 5) is 27.4. The highest BCUT2D eigenvalue weighted by molar-refractivity contribution is 9.10. The maximum atomic E-state index is 12.1. The van der Waals surface area contributed by atoms with Crippen molar-refractivity contribution < 1.29 is 28.6 Å². The Bertz CT molecular complexity index is 1350. The third kappa shape index (κ3) is 6.24. The number of hydrogen-bond donors (Lipinski definition) is 2. The maximum Gasteiger partial charge on any atom is 0.337 e. The molecule has 0 aliphatic carbocycles. The number of carbonyl (C=O) groups excluding carboxylic acids is 1. The quantitative estimate of drug-likeness (QED) is 0.290. The van der Waals surface area contributed by atoms with Gasteiger partial charge in [-0.2, -0.15) is 10.4 Å². The maximum absolute atomic E-state index is 12.1. The first-order valence-electron chi connectivity index (χ1n) is 9.90. The fourth-order valence-corrected chi connectivity index (χ4v) is 3.63. The van der Waals surface area contributed by atoms with Gasteiger partial charge >= 0.3 is 5.97 Å². The van der Waals surface area contributed by atoms with E-state index in [-0.39, 0.29) is 28.6 Å². The summed E-state index contributed by atoms with van der Waals surface area (Å²) in [5.41, 5.74) is 4.18. The second-order valence-corrected chi connectivity index (χ2v) is 8.20. The van der Waals surface area contributed by atoms with Crippen LogP contribution in [0, 0.1) is 18.3 Å². The van der Waals surface area contributed by atoms with Crippen molar-refractivity contribution in [1.29, 1.82) is 5.26 Å². The van der Waals surface area contributed by atoms with E-state index in [9.17, 15) is 14.9 Å². The summed E-state index contributed by atoms with van der Waals surface area (Å²) in [5, 5.41) is 22.5. The first-order chi connectivity index (χ1) is 16.7. The van der Waals surface area contributed by atoms with Crippen LogP contribution in [0.25, 0.3) is 11.3 Å². The number of methoxy groups -OCH3 is 1. The zero-order valence-corrected chi connectivity index (χ0v) is 20.8. The SMILES string of the molecule is COCc1c(Br)c(C)nc(OCC(=O)N/N=C\c2ccc(-c3ccc(C(=O)O)c(Cl)c3)o2)c1C#N. The van der Waals surface area contributed by atoms with Gasteiger partial charge in [-0.15, -0.1) is 0 Å². The number of rotatable bonds is 9. The lowest BCUT2D eigenvalue weighted by Crippen LogP contribution is -2.25. The number of halogens is 2. The number of nitrogens with zero attached hydrogens (tertiary/aromatic N) is 3. The molecule has 3 rings (SSSR count). The fraction of sp³-hybridized carbons (Fsp3) is 0.174. The van der Waals surface area contributed by atoms with Crippen molar-refractivity contribution in [3.05, 3.63) is 68.0 Å². The number of hydrazone groups is 1. The van der Waals surface area contributed by atoms with Gasteiger partial charge < -0.3 is 19.0 Å². The summed E-state index contributed by atoms with van der Waals surface area (Å²) in [5.74, 6) is -0.918. The van der Waals surface area contributed by atoms with Crippen molar-refractivity contribution in [2.75, 3.05) is 13.7 Å². The number of furan rings is 1. The zero-order valence-electron chi connectivity index (χ0n) is 18.5. The van der Waals surface area contributed by atoms with Crippen LogP contribution in [0.3, 0.4) is 0 Å². The molecule has 0 aliphatic heterocycles. The van der Waals surface area contributed by atoms with Gasteiger partial charge in [0.25, 0.3) is 5.91 Å². The van der Waals surface area contributed by atoms with Crippen LogP contribution in [0.2, 0.25) is 5.02 Å². The average molecular weight is 562 g/mol. The first kappa shape index (κ1) is 25.9. The molecule has 180 valence electrons. The summed E-state index contributed by atoms with van der Waals surface area (Å²) in [7, 11) is 1.50. The Morgan fingerprint density at radius 1 is 1.37 bits per heavy atom. The van der Waals surface area contributed by atoms with Crippen LogP contribution in [0.4, 0.5) is 0 Å². The molecule has 35 heavy (non-hydrogen) atoms. The molecule has 3 aromatic rings. The number of amides is 1. The number of benzene rings is 1. The Hall–Kier alpha value is -3.72. The van der Waals surface area contributed by atoms with Gasteiger partial charge in [-0.05, 0) is 47.1 Å². The number of aromatic nitrogens is 1. The number of carbonyl (C=O) groups is 2. The van der Waals surface area contributed by atoms with Gasteiger partial charge in [0, 0.05) is 22.7 Å². The Labute approximate surface area is 213 Å². The molecule has 2 heterocycles. The lowest BCUT2D eigenvalue weighted by Gasteiger charge is -2.13. The van der Waals surface area contributed by atoms with Gasteiger partial charge in [-0.25, -0.2) is 15.2 Å². The summed E-state index contributed by atoms with van der Waals surface area (Å²) in [6.45, 7) is 1.47. The van der Waals surface area contributed by atoms with Crippen LogP contribution in [-0.2, 0) is 16.1 Å². The van der Waals surface area contributed by atoms with Crippen LogP contribution in [0.1, 0.15) is 32.9 Å². The summed E-state index contributed by atoms with van der Waals surface area (Å²) in [6.07, 6.45) is 1.29. The Morgan fingerprint density at radius 3 is 2.80 bits per heavy atom.